The van der Waals surface area contributed by atoms with Gasteiger partial charge in [-0.25, -0.2) is 4.79 Å². The minimum Gasteiger partial charge on any atom is -0.461 e. The van der Waals surface area contributed by atoms with E-state index in [0.717, 1.165) is 6.42 Å². The van der Waals surface area contributed by atoms with Crippen LogP contribution in [0.15, 0.2) is 12.2 Å². The molecule has 0 aromatic heterocycles. The van der Waals surface area contributed by atoms with E-state index in [0.29, 0.717) is 5.57 Å². The maximum absolute atomic E-state index is 11.3. The molecule has 0 fully saturated rings. The van der Waals surface area contributed by atoms with Gasteiger partial charge in [0.25, 0.3) is 0 Å². The van der Waals surface area contributed by atoms with Crippen molar-refractivity contribution < 1.29 is 13.6 Å². The Kier molecular flexibility index (Phi) is 6.08. The van der Waals surface area contributed by atoms with Crippen molar-refractivity contribution in [2.45, 2.75) is 45.6 Å². The molecule has 3 nitrogen and oxygen atoms in total. The molecule has 0 saturated heterocycles. The average Bonchev–Trinajstić information content (AvgIpc) is 2.10. The van der Waals surface area contributed by atoms with Gasteiger partial charge in [0.05, 0.1) is 0 Å². The number of esters is 1. The van der Waals surface area contributed by atoms with Crippen LogP contribution in [0.4, 0.5) is 0 Å². The Balaban J connectivity index is 4.04. The van der Waals surface area contributed by atoms with Crippen LogP contribution in [0, 0.1) is 0 Å². The molecule has 0 rings (SSSR count). The highest BCUT2D eigenvalue weighted by Gasteiger charge is 2.19. The van der Waals surface area contributed by atoms with Crippen LogP contribution in [0.2, 0.25) is 19.6 Å². The number of hydrogen-bond donors (Lipinski definition) is 0. The summed E-state index contributed by atoms with van der Waals surface area (Å²) in [6.07, 6.45) is 0.829. The highest BCUT2D eigenvalue weighted by Crippen LogP contribution is 2.06. The van der Waals surface area contributed by atoms with E-state index in [1.165, 1.54) is 0 Å². The Morgan fingerprint density at radius 1 is 1.47 bits per heavy atom. The zero-order valence-corrected chi connectivity index (χ0v) is 12.8. The van der Waals surface area contributed by atoms with Crippen molar-refractivity contribution in [1.29, 1.82) is 0 Å². The molecule has 5 heteroatoms. The van der Waals surface area contributed by atoms with E-state index in [4.69, 9.17) is 8.85 Å². The predicted molar refractivity (Wildman–Crippen MR) is 68.0 cm³/mol. The van der Waals surface area contributed by atoms with Crippen molar-refractivity contribution in [1.82, 2.24) is 0 Å². The molecule has 0 unspecified atom stereocenters. The number of ether oxygens (including phenoxy) is 1. The summed E-state index contributed by atoms with van der Waals surface area (Å²) in [6.45, 7) is 13.7. The first-order chi connectivity index (χ1) is 6.76. The smallest absolute Gasteiger partial charge is 0.333 e. The van der Waals surface area contributed by atoms with Gasteiger partial charge in [0.1, 0.15) is 5.73 Å². The van der Waals surface area contributed by atoms with Crippen LogP contribution in [-0.2, 0) is 13.6 Å². The average molecular weight is 246 g/mol. The van der Waals surface area contributed by atoms with Crippen LogP contribution in [0.5, 0.6) is 0 Å². The third kappa shape index (κ3) is 7.52. The summed E-state index contributed by atoms with van der Waals surface area (Å²) in [5.74, 6) is -0.298. The molecule has 88 valence electrons. The van der Waals surface area contributed by atoms with Crippen LogP contribution >= 0.6 is 0 Å². The summed E-state index contributed by atoms with van der Waals surface area (Å²) < 4.78 is 11.1. The normalized spacial score (nSPS) is 14.2. The molecule has 0 N–H and O–H groups in total. The fourth-order valence-electron chi connectivity index (χ4n) is 0.830. The summed E-state index contributed by atoms with van der Waals surface area (Å²) in [4.78, 5) is 11.3. The molecule has 0 spiro atoms. The molecule has 0 aromatic carbocycles. The number of carbonyl (C=O) groups is 1. The second-order valence-electron chi connectivity index (χ2n) is 4.64. The highest BCUT2D eigenvalue weighted by atomic mass is 28.4. The van der Waals surface area contributed by atoms with E-state index in [-0.39, 0.29) is 11.7 Å². The van der Waals surface area contributed by atoms with E-state index in [1.807, 2.05) is 6.92 Å². The van der Waals surface area contributed by atoms with Gasteiger partial charge in [-0.1, -0.05) is 13.5 Å². The number of carbonyl (C=O) groups excluding carboxylic acids is 1. The Labute approximate surface area is 95.9 Å². The summed E-state index contributed by atoms with van der Waals surface area (Å²) >= 11 is 0. The Morgan fingerprint density at radius 2 is 2.00 bits per heavy atom. The van der Waals surface area contributed by atoms with Crippen LogP contribution in [0.1, 0.15) is 20.3 Å². The van der Waals surface area contributed by atoms with Crippen LogP contribution in [-0.4, -0.2) is 29.8 Å². The maximum atomic E-state index is 11.3. The molecule has 0 amide bonds. The lowest BCUT2D eigenvalue weighted by Crippen LogP contribution is -2.35. The standard InChI is InChI=1S/C10H22O3Si2/c1-7-9(12-10(11)8(2)3)14-13-15(4,5)6/h9H,2,7,14H2,1,3-6H3/t9-/m0/s1. The summed E-state index contributed by atoms with van der Waals surface area (Å²) in [5, 5.41) is 0. The van der Waals surface area contributed by atoms with Crippen LogP contribution in [0.3, 0.4) is 0 Å². The first-order valence-corrected chi connectivity index (χ1v) is 10.1. The number of rotatable bonds is 6. The minimum absolute atomic E-state index is 0.0130. The topological polar surface area (TPSA) is 35.5 Å². The molecule has 0 aliphatic heterocycles. The van der Waals surface area contributed by atoms with Gasteiger partial charge in [-0.2, -0.15) is 0 Å². The van der Waals surface area contributed by atoms with Crippen molar-refractivity contribution in [2.24, 2.45) is 0 Å². The molecule has 1 atom stereocenters. The summed E-state index contributed by atoms with van der Waals surface area (Å²) in [5.41, 5.74) is 0.441. The lowest BCUT2D eigenvalue weighted by molar-refractivity contribution is -0.141. The van der Waals surface area contributed by atoms with Gasteiger partial charge in [0, 0.05) is 5.57 Å². The van der Waals surface area contributed by atoms with E-state index < -0.39 is 18.1 Å². The number of hydrogen-bond acceptors (Lipinski definition) is 3. The Morgan fingerprint density at radius 3 is 2.33 bits per heavy atom. The summed E-state index contributed by atoms with van der Waals surface area (Å²) in [7, 11) is -2.24. The van der Waals surface area contributed by atoms with Gasteiger partial charge >= 0.3 is 5.97 Å². The Bertz CT molecular complexity index is 233. The van der Waals surface area contributed by atoms with Crippen molar-refractivity contribution in [3.05, 3.63) is 12.2 Å². The van der Waals surface area contributed by atoms with E-state index in [2.05, 4.69) is 26.2 Å². The molecule has 0 aromatic rings. The fourth-order valence-corrected chi connectivity index (χ4v) is 4.03. The zero-order chi connectivity index (χ0) is 12.1. The van der Waals surface area contributed by atoms with Gasteiger partial charge < -0.3 is 8.85 Å². The molecular formula is C10H22O3Si2. The van der Waals surface area contributed by atoms with Crippen LogP contribution in [0.25, 0.3) is 0 Å². The quantitative estimate of drug-likeness (QED) is 0.407. The van der Waals surface area contributed by atoms with Gasteiger partial charge in [-0.05, 0) is 33.0 Å². The van der Waals surface area contributed by atoms with Crippen LogP contribution < -0.4 is 0 Å². The lowest BCUT2D eigenvalue weighted by atomic mass is 10.4. The van der Waals surface area contributed by atoms with E-state index in [1.54, 1.807) is 6.92 Å². The first kappa shape index (κ1) is 14.6. The fraction of sp³-hybridized carbons (Fsp3) is 0.700. The third-order valence-electron chi connectivity index (χ3n) is 1.78. The van der Waals surface area contributed by atoms with Crippen molar-refractivity contribution >= 4 is 24.0 Å². The molecular weight excluding hydrogens is 224 g/mol. The van der Waals surface area contributed by atoms with Gasteiger partial charge in [0.2, 0.25) is 0 Å². The first-order valence-electron chi connectivity index (χ1n) is 5.26. The molecule has 0 radical (unpaired) electrons. The maximum Gasteiger partial charge on any atom is 0.333 e. The molecule has 0 aliphatic carbocycles. The zero-order valence-electron chi connectivity index (χ0n) is 10.4. The molecule has 0 bridgehead atoms. The SMILES string of the molecule is C=C(C)C(=O)O[C@H](CC)[SiH2]O[Si](C)(C)C. The molecule has 15 heavy (non-hydrogen) atoms. The second kappa shape index (κ2) is 6.24. The molecule has 0 aliphatic rings. The van der Waals surface area contributed by atoms with E-state index >= 15 is 0 Å². The monoisotopic (exact) mass is 246 g/mol. The van der Waals surface area contributed by atoms with Gasteiger partial charge in [-0.3, -0.25) is 0 Å². The van der Waals surface area contributed by atoms with Crippen molar-refractivity contribution in [2.75, 3.05) is 0 Å². The second-order valence-corrected chi connectivity index (χ2v) is 11.3. The lowest BCUT2D eigenvalue weighted by Gasteiger charge is -2.22. The van der Waals surface area contributed by atoms with Crippen molar-refractivity contribution in [3.8, 4) is 0 Å². The predicted octanol–water partition coefficient (Wildman–Crippen LogP) is 1.78. The molecule has 0 saturated carbocycles. The molecule has 0 heterocycles. The van der Waals surface area contributed by atoms with Gasteiger partial charge in [-0.15, -0.1) is 0 Å². The minimum atomic E-state index is -1.47. The Hall–Kier alpha value is -0.396. The largest absolute Gasteiger partial charge is 0.461 e. The van der Waals surface area contributed by atoms with E-state index in [9.17, 15) is 4.79 Å². The van der Waals surface area contributed by atoms with Gasteiger partial charge in [0.15, 0.2) is 18.1 Å². The highest BCUT2D eigenvalue weighted by molar-refractivity contribution is 6.74. The third-order valence-corrected chi connectivity index (χ3v) is 7.03. The van der Waals surface area contributed by atoms with Crippen molar-refractivity contribution in [3.63, 3.8) is 0 Å². The summed E-state index contributed by atoms with van der Waals surface area (Å²) in [6, 6.07) is 0.